The molecule has 0 aromatic heterocycles. The highest BCUT2D eigenvalue weighted by Crippen LogP contribution is 2.17. The largest absolute Gasteiger partial charge is 0.404 e. The van der Waals surface area contributed by atoms with Gasteiger partial charge in [-0.2, -0.15) is 0 Å². The van der Waals surface area contributed by atoms with Gasteiger partial charge in [-0.05, 0) is 29.7 Å². The van der Waals surface area contributed by atoms with Gasteiger partial charge in [-0.25, -0.2) is 4.39 Å². The molecule has 0 heterocycles. The summed E-state index contributed by atoms with van der Waals surface area (Å²) < 4.78 is 13.1. The Hall–Kier alpha value is -1.57. The lowest BCUT2D eigenvalue weighted by atomic mass is 10.1. The molecule has 13 heavy (non-hydrogen) atoms. The van der Waals surface area contributed by atoms with E-state index in [1.807, 2.05) is 6.07 Å². The average Bonchev–Trinajstić information content (AvgIpc) is 2.13. The van der Waals surface area contributed by atoms with Crippen LogP contribution in [0.5, 0.6) is 0 Å². The lowest BCUT2D eigenvalue weighted by molar-refractivity contribution is 0.618. The van der Waals surface area contributed by atoms with Crippen molar-refractivity contribution in [3.05, 3.63) is 54.0 Å². The molecule has 68 valence electrons. The summed E-state index contributed by atoms with van der Waals surface area (Å²) in [7, 11) is 0. The van der Waals surface area contributed by atoms with E-state index in [0.29, 0.717) is 5.56 Å². The Morgan fingerprint density at radius 3 is 2.69 bits per heavy atom. The van der Waals surface area contributed by atoms with Crippen LogP contribution in [0.1, 0.15) is 11.1 Å². The van der Waals surface area contributed by atoms with E-state index in [1.54, 1.807) is 19.1 Å². The topological polar surface area (TPSA) is 26.0 Å². The average molecular weight is 177 g/mol. The van der Waals surface area contributed by atoms with Gasteiger partial charge in [-0.1, -0.05) is 24.8 Å². The first-order chi connectivity index (χ1) is 6.19. The minimum absolute atomic E-state index is 0.223. The standard InChI is InChI=1S/C11H12FN/c1-3-9(7-13)10-5-4-8(2)11(12)6-10/h3-7H,1,13H2,2H3/b9-7+. The van der Waals surface area contributed by atoms with E-state index in [-0.39, 0.29) is 5.82 Å². The molecular weight excluding hydrogens is 165 g/mol. The van der Waals surface area contributed by atoms with Crippen molar-refractivity contribution in [3.8, 4) is 0 Å². The number of hydrogen-bond donors (Lipinski definition) is 1. The van der Waals surface area contributed by atoms with Crippen LogP contribution in [0.15, 0.2) is 37.1 Å². The Kier molecular flexibility index (Phi) is 2.85. The van der Waals surface area contributed by atoms with Crippen molar-refractivity contribution in [1.82, 2.24) is 0 Å². The molecule has 0 saturated carbocycles. The van der Waals surface area contributed by atoms with Crippen LogP contribution in [0.3, 0.4) is 0 Å². The van der Waals surface area contributed by atoms with Crippen molar-refractivity contribution in [2.24, 2.45) is 5.73 Å². The molecule has 2 heteroatoms. The van der Waals surface area contributed by atoms with Gasteiger partial charge in [0, 0.05) is 6.20 Å². The van der Waals surface area contributed by atoms with Crippen molar-refractivity contribution < 1.29 is 4.39 Å². The van der Waals surface area contributed by atoms with Gasteiger partial charge in [0.05, 0.1) is 0 Å². The van der Waals surface area contributed by atoms with Crippen molar-refractivity contribution in [2.45, 2.75) is 6.92 Å². The lowest BCUT2D eigenvalue weighted by Crippen LogP contribution is -1.89. The first kappa shape index (κ1) is 9.52. The first-order valence-corrected chi connectivity index (χ1v) is 4.00. The third-order valence-corrected chi connectivity index (χ3v) is 1.90. The van der Waals surface area contributed by atoms with Gasteiger partial charge >= 0.3 is 0 Å². The number of halogens is 1. The normalized spacial score (nSPS) is 11.4. The van der Waals surface area contributed by atoms with Gasteiger partial charge in [0.2, 0.25) is 0 Å². The predicted molar refractivity (Wildman–Crippen MR) is 53.5 cm³/mol. The number of benzene rings is 1. The molecule has 0 atom stereocenters. The summed E-state index contributed by atoms with van der Waals surface area (Å²) in [5.74, 6) is -0.223. The summed E-state index contributed by atoms with van der Waals surface area (Å²) in [6, 6.07) is 4.99. The minimum atomic E-state index is -0.223. The second-order valence-electron chi connectivity index (χ2n) is 2.79. The van der Waals surface area contributed by atoms with Crippen LogP contribution in [-0.2, 0) is 0 Å². The van der Waals surface area contributed by atoms with E-state index in [4.69, 9.17) is 5.73 Å². The highest BCUT2D eigenvalue weighted by molar-refractivity contribution is 5.73. The molecule has 1 aromatic rings. The summed E-state index contributed by atoms with van der Waals surface area (Å²) in [6.07, 6.45) is 3.02. The zero-order chi connectivity index (χ0) is 9.84. The molecule has 0 amide bonds. The van der Waals surface area contributed by atoms with Crippen LogP contribution < -0.4 is 5.73 Å². The second-order valence-corrected chi connectivity index (χ2v) is 2.79. The van der Waals surface area contributed by atoms with Crippen molar-refractivity contribution in [2.75, 3.05) is 0 Å². The van der Waals surface area contributed by atoms with Gasteiger partial charge in [0.25, 0.3) is 0 Å². The van der Waals surface area contributed by atoms with Gasteiger partial charge in [0.15, 0.2) is 0 Å². The summed E-state index contributed by atoms with van der Waals surface area (Å²) >= 11 is 0. The van der Waals surface area contributed by atoms with E-state index in [1.165, 1.54) is 12.3 Å². The number of rotatable bonds is 2. The zero-order valence-corrected chi connectivity index (χ0v) is 7.55. The van der Waals surface area contributed by atoms with Crippen molar-refractivity contribution in [1.29, 1.82) is 0 Å². The van der Waals surface area contributed by atoms with Gasteiger partial charge in [-0.15, -0.1) is 0 Å². The van der Waals surface area contributed by atoms with Crippen LogP contribution in [0.4, 0.5) is 4.39 Å². The fraction of sp³-hybridized carbons (Fsp3) is 0.0909. The van der Waals surface area contributed by atoms with E-state index in [9.17, 15) is 4.39 Å². The maximum absolute atomic E-state index is 13.1. The van der Waals surface area contributed by atoms with Crippen molar-refractivity contribution >= 4 is 5.57 Å². The number of nitrogens with two attached hydrogens (primary N) is 1. The molecule has 0 bridgehead atoms. The molecular formula is C11H12FN. The van der Waals surface area contributed by atoms with E-state index < -0.39 is 0 Å². The number of allylic oxidation sites excluding steroid dienone is 2. The molecule has 0 saturated heterocycles. The smallest absolute Gasteiger partial charge is 0.126 e. The van der Waals surface area contributed by atoms with E-state index in [0.717, 1.165) is 11.1 Å². The van der Waals surface area contributed by atoms with Gasteiger partial charge in [-0.3, -0.25) is 0 Å². The zero-order valence-electron chi connectivity index (χ0n) is 7.55. The lowest BCUT2D eigenvalue weighted by Gasteiger charge is -2.02. The van der Waals surface area contributed by atoms with Gasteiger partial charge in [0.1, 0.15) is 5.82 Å². The predicted octanol–water partition coefficient (Wildman–Crippen LogP) is 2.62. The van der Waals surface area contributed by atoms with E-state index >= 15 is 0 Å². The molecule has 0 fully saturated rings. The Labute approximate surface area is 77.4 Å². The Morgan fingerprint density at radius 2 is 2.23 bits per heavy atom. The summed E-state index contributed by atoms with van der Waals surface area (Å²) in [4.78, 5) is 0. The highest BCUT2D eigenvalue weighted by atomic mass is 19.1. The third kappa shape index (κ3) is 1.96. The molecule has 0 aliphatic heterocycles. The van der Waals surface area contributed by atoms with Gasteiger partial charge < -0.3 is 5.73 Å². The highest BCUT2D eigenvalue weighted by Gasteiger charge is 2.00. The molecule has 2 N–H and O–H groups in total. The molecule has 0 spiro atoms. The number of aryl methyl sites for hydroxylation is 1. The molecule has 1 nitrogen and oxygen atoms in total. The monoisotopic (exact) mass is 177 g/mol. The third-order valence-electron chi connectivity index (χ3n) is 1.90. The van der Waals surface area contributed by atoms with Crippen LogP contribution in [0.25, 0.3) is 5.57 Å². The molecule has 1 rings (SSSR count). The maximum atomic E-state index is 13.1. The Morgan fingerprint density at radius 1 is 1.54 bits per heavy atom. The van der Waals surface area contributed by atoms with Crippen molar-refractivity contribution in [3.63, 3.8) is 0 Å². The fourth-order valence-electron chi connectivity index (χ4n) is 1.05. The van der Waals surface area contributed by atoms with Crippen LogP contribution >= 0.6 is 0 Å². The molecule has 1 aromatic carbocycles. The first-order valence-electron chi connectivity index (χ1n) is 4.00. The SMILES string of the molecule is C=C/C(=C\N)c1ccc(C)c(F)c1. The molecule has 0 radical (unpaired) electrons. The summed E-state index contributed by atoms with van der Waals surface area (Å²) in [6.45, 7) is 5.31. The number of hydrogen-bond acceptors (Lipinski definition) is 1. The summed E-state index contributed by atoms with van der Waals surface area (Å²) in [5.41, 5.74) is 7.46. The second kappa shape index (κ2) is 3.90. The fourth-order valence-corrected chi connectivity index (χ4v) is 1.05. The van der Waals surface area contributed by atoms with Crippen LogP contribution in [0.2, 0.25) is 0 Å². The van der Waals surface area contributed by atoms with E-state index in [2.05, 4.69) is 6.58 Å². The van der Waals surface area contributed by atoms with Crippen LogP contribution in [0, 0.1) is 12.7 Å². The molecule has 0 aliphatic carbocycles. The minimum Gasteiger partial charge on any atom is -0.404 e. The quantitative estimate of drug-likeness (QED) is 0.690. The summed E-state index contributed by atoms with van der Waals surface area (Å²) in [5, 5.41) is 0. The Bertz CT molecular complexity index is 353. The maximum Gasteiger partial charge on any atom is 0.126 e. The van der Waals surface area contributed by atoms with Crippen LogP contribution in [-0.4, -0.2) is 0 Å². The Balaban J connectivity index is 3.17. The molecule has 0 aliphatic rings. The molecule has 0 unspecified atom stereocenters.